The SMILES string of the molecule is CC/C=C\C/C=C\C/C=C\C/C=C\C/C=C\CCCCCCCCCCCCCC(=O)OC(COC(=O)CCCCCCCCCCCCCCC)COC(OCC[N+](C)(C)C)C(=O)[O-]. The number of rotatable bonds is 48. The first kappa shape index (κ1) is 62.0. The zero-order valence-electron chi connectivity index (χ0n) is 42.6. The van der Waals surface area contributed by atoms with Gasteiger partial charge in [-0.15, -0.1) is 0 Å². The van der Waals surface area contributed by atoms with E-state index in [-0.39, 0.29) is 32.2 Å². The van der Waals surface area contributed by atoms with Crippen LogP contribution in [0.4, 0.5) is 0 Å². The lowest BCUT2D eigenvalue weighted by Gasteiger charge is -2.26. The molecule has 0 aromatic heterocycles. The Labute approximate surface area is 399 Å². The third-order valence-electron chi connectivity index (χ3n) is 11.3. The number of carboxylic acid groups (broad SMARTS) is 1. The Morgan fingerprint density at radius 1 is 0.477 bits per heavy atom. The van der Waals surface area contributed by atoms with Gasteiger partial charge in [0.2, 0.25) is 0 Å². The average molecular weight is 914 g/mol. The highest BCUT2D eigenvalue weighted by Crippen LogP contribution is 2.15. The molecule has 0 aromatic carbocycles. The van der Waals surface area contributed by atoms with Crippen molar-refractivity contribution >= 4 is 17.9 Å². The molecule has 0 aliphatic carbocycles. The Kier molecular flexibility index (Phi) is 45.3. The minimum atomic E-state index is -1.62. The fourth-order valence-electron chi connectivity index (χ4n) is 7.21. The topological polar surface area (TPSA) is 111 Å². The molecule has 0 saturated carbocycles. The quantitative estimate of drug-likeness (QED) is 0.0195. The summed E-state index contributed by atoms with van der Waals surface area (Å²) in [5.41, 5.74) is 0. The monoisotopic (exact) mass is 914 g/mol. The number of hydrogen-bond donors (Lipinski definition) is 0. The van der Waals surface area contributed by atoms with Gasteiger partial charge >= 0.3 is 11.9 Å². The highest BCUT2D eigenvalue weighted by atomic mass is 16.7. The minimum Gasteiger partial charge on any atom is -0.545 e. The van der Waals surface area contributed by atoms with Crippen molar-refractivity contribution in [3.8, 4) is 0 Å². The standard InChI is InChI=1S/C56H99NO8/c1-6-8-10-12-14-16-18-20-21-22-23-24-25-26-27-28-29-30-31-32-33-35-37-39-41-43-45-47-54(59)65-52(51-64-56(55(60)61)62-49-48-57(3,4)5)50-63-53(58)46-44-42-40-38-36-34-19-17-15-13-11-9-7-2/h8,10,14,16,20-21,23-24,26-27,52,56H,6-7,9,11-13,15,17-19,22,25,28-51H2,1-5H3/b10-8-,16-14-,21-20-,24-23-,27-26-. The number of esters is 2. The first-order valence-electron chi connectivity index (χ1n) is 26.4. The normalized spacial score (nSPS) is 13.3. The van der Waals surface area contributed by atoms with Crippen LogP contribution in [0.15, 0.2) is 60.8 Å². The predicted molar refractivity (Wildman–Crippen MR) is 269 cm³/mol. The van der Waals surface area contributed by atoms with E-state index >= 15 is 0 Å². The summed E-state index contributed by atoms with van der Waals surface area (Å²) in [6, 6.07) is 0. The summed E-state index contributed by atoms with van der Waals surface area (Å²) in [6.07, 6.45) is 55.4. The van der Waals surface area contributed by atoms with Gasteiger partial charge in [-0.1, -0.05) is 209 Å². The van der Waals surface area contributed by atoms with Crippen molar-refractivity contribution in [3.05, 3.63) is 60.8 Å². The van der Waals surface area contributed by atoms with E-state index in [1.165, 1.54) is 109 Å². The van der Waals surface area contributed by atoms with Gasteiger partial charge in [-0.05, 0) is 57.8 Å². The number of carboxylic acids is 1. The van der Waals surface area contributed by atoms with Crippen LogP contribution in [-0.2, 0) is 33.3 Å². The summed E-state index contributed by atoms with van der Waals surface area (Å²) in [5.74, 6) is -2.28. The molecule has 0 bridgehead atoms. The molecule has 0 N–H and O–H groups in total. The van der Waals surface area contributed by atoms with Crippen LogP contribution in [0.25, 0.3) is 0 Å². The molecule has 0 aromatic rings. The van der Waals surface area contributed by atoms with E-state index in [0.717, 1.165) is 77.0 Å². The molecular formula is C56H99NO8. The molecule has 0 spiro atoms. The summed E-state index contributed by atoms with van der Waals surface area (Å²) in [6.45, 7) is 4.63. The maximum atomic E-state index is 12.8. The van der Waals surface area contributed by atoms with Crippen LogP contribution >= 0.6 is 0 Å². The van der Waals surface area contributed by atoms with Crippen LogP contribution in [0, 0.1) is 0 Å². The van der Waals surface area contributed by atoms with E-state index in [4.69, 9.17) is 18.9 Å². The van der Waals surface area contributed by atoms with Crippen molar-refractivity contribution in [1.29, 1.82) is 0 Å². The number of unbranched alkanes of at least 4 members (excludes halogenated alkanes) is 23. The fraction of sp³-hybridized carbons (Fsp3) is 0.768. The number of aliphatic carboxylic acids is 1. The molecule has 0 heterocycles. The predicted octanol–water partition coefficient (Wildman–Crippen LogP) is 13.6. The molecule has 9 nitrogen and oxygen atoms in total. The van der Waals surface area contributed by atoms with Crippen LogP contribution in [0.3, 0.4) is 0 Å². The van der Waals surface area contributed by atoms with Gasteiger partial charge in [0, 0.05) is 12.8 Å². The molecule has 2 atom stereocenters. The van der Waals surface area contributed by atoms with Crippen molar-refractivity contribution in [1.82, 2.24) is 0 Å². The number of allylic oxidation sites excluding steroid dienone is 10. The zero-order valence-corrected chi connectivity index (χ0v) is 42.6. The molecule has 9 heteroatoms. The average Bonchev–Trinajstić information content (AvgIpc) is 3.27. The van der Waals surface area contributed by atoms with E-state index in [9.17, 15) is 19.5 Å². The van der Waals surface area contributed by atoms with Crippen molar-refractivity contribution in [2.75, 3.05) is 47.5 Å². The molecule has 0 saturated heterocycles. The van der Waals surface area contributed by atoms with Crippen LogP contribution in [0.5, 0.6) is 0 Å². The third kappa shape index (κ3) is 48.7. The van der Waals surface area contributed by atoms with Gasteiger partial charge in [0.15, 0.2) is 12.4 Å². The van der Waals surface area contributed by atoms with Gasteiger partial charge in [0.1, 0.15) is 13.2 Å². The number of carbonyl (C=O) groups excluding carboxylic acids is 3. The van der Waals surface area contributed by atoms with Gasteiger partial charge in [0.05, 0.1) is 40.3 Å². The van der Waals surface area contributed by atoms with Crippen molar-refractivity contribution in [2.24, 2.45) is 0 Å². The second kappa shape index (κ2) is 47.5. The molecule has 0 aliphatic heterocycles. The molecule has 376 valence electrons. The highest BCUT2D eigenvalue weighted by molar-refractivity contribution is 5.70. The first-order chi connectivity index (χ1) is 31.6. The second-order valence-corrected chi connectivity index (χ2v) is 18.8. The van der Waals surface area contributed by atoms with Crippen LogP contribution in [0.1, 0.15) is 219 Å². The van der Waals surface area contributed by atoms with E-state index in [0.29, 0.717) is 23.9 Å². The second-order valence-electron chi connectivity index (χ2n) is 18.8. The summed E-state index contributed by atoms with van der Waals surface area (Å²) in [5, 5.41) is 11.7. The fourth-order valence-corrected chi connectivity index (χ4v) is 7.21. The third-order valence-corrected chi connectivity index (χ3v) is 11.3. The summed E-state index contributed by atoms with van der Waals surface area (Å²) < 4.78 is 22.6. The summed E-state index contributed by atoms with van der Waals surface area (Å²) in [4.78, 5) is 37.1. The molecule has 2 unspecified atom stereocenters. The molecule has 0 amide bonds. The highest BCUT2D eigenvalue weighted by Gasteiger charge is 2.22. The van der Waals surface area contributed by atoms with Crippen LogP contribution in [-0.4, -0.2) is 82.3 Å². The Morgan fingerprint density at radius 2 is 0.877 bits per heavy atom. The number of ether oxygens (including phenoxy) is 4. The largest absolute Gasteiger partial charge is 0.545 e. The number of likely N-dealkylation sites (N-methyl/N-ethyl adjacent to an activating group) is 1. The van der Waals surface area contributed by atoms with Crippen LogP contribution in [0.2, 0.25) is 0 Å². The molecule has 0 radical (unpaired) electrons. The van der Waals surface area contributed by atoms with Gasteiger partial charge in [-0.25, -0.2) is 0 Å². The van der Waals surface area contributed by atoms with Gasteiger partial charge in [0.25, 0.3) is 0 Å². The molecule has 65 heavy (non-hydrogen) atoms. The lowest BCUT2D eigenvalue weighted by atomic mass is 10.0. The van der Waals surface area contributed by atoms with Gasteiger partial charge in [-0.3, -0.25) is 9.59 Å². The molecule has 0 fully saturated rings. The Morgan fingerprint density at radius 3 is 1.31 bits per heavy atom. The van der Waals surface area contributed by atoms with Crippen molar-refractivity contribution in [3.63, 3.8) is 0 Å². The smallest absolute Gasteiger partial charge is 0.306 e. The Bertz CT molecular complexity index is 1250. The number of quaternary nitrogens is 1. The van der Waals surface area contributed by atoms with Crippen molar-refractivity contribution in [2.45, 2.75) is 232 Å². The first-order valence-corrected chi connectivity index (χ1v) is 26.4. The minimum absolute atomic E-state index is 0.147. The van der Waals surface area contributed by atoms with E-state index in [1.54, 1.807) is 0 Å². The van der Waals surface area contributed by atoms with Gasteiger partial charge in [-0.2, -0.15) is 0 Å². The van der Waals surface area contributed by atoms with Gasteiger partial charge < -0.3 is 33.3 Å². The number of carbonyl (C=O) groups is 3. The van der Waals surface area contributed by atoms with Crippen LogP contribution < -0.4 is 5.11 Å². The Hall–Kier alpha value is -3.01. The summed E-state index contributed by atoms with van der Waals surface area (Å²) >= 11 is 0. The van der Waals surface area contributed by atoms with Crippen molar-refractivity contribution < 1.29 is 42.9 Å². The summed E-state index contributed by atoms with van der Waals surface area (Å²) in [7, 11) is 5.91. The lowest BCUT2D eigenvalue weighted by Crippen LogP contribution is -2.44. The Balaban J connectivity index is 4.25. The molecule has 0 aliphatic rings. The zero-order chi connectivity index (χ0) is 47.7. The van der Waals surface area contributed by atoms with E-state index < -0.39 is 24.3 Å². The maximum absolute atomic E-state index is 12.8. The number of nitrogens with zero attached hydrogens (tertiary/aromatic N) is 1. The molecular weight excluding hydrogens is 815 g/mol. The molecule has 0 rings (SSSR count). The lowest BCUT2D eigenvalue weighted by molar-refractivity contribution is -0.870. The van der Waals surface area contributed by atoms with E-state index in [1.807, 2.05) is 21.1 Å². The number of hydrogen-bond acceptors (Lipinski definition) is 8. The van der Waals surface area contributed by atoms with E-state index in [2.05, 4.69) is 74.6 Å². The maximum Gasteiger partial charge on any atom is 0.306 e.